The summed E-state index contributed by atoms with van der Waals surface area (Å²) in [7, 11) is 0. The highest BCUT2D eigenvalue weighted by Gasteiger charge is 2.52. The molecule has 1 rings (SSSR count). The molecule has 0 aromatic carbocycles. The molecular formula is C10H13BrN2O4. The average Bonchev–Trinajstić information content (AvgIpc) is 2.15. The van der Waals surface area contributed by atoms with Gasteiger partial charge in [-0.05, 0) is 26.8 Å². The van der Waals surface area contributed by atoms with Crippen molar-refractivity contribution in [1.82, 2.24) is 0 Å². The van der Waals surface area contributed by atoms with E-state index in [2.05, 4.69) is 20.9 Å². The van der Waals surface area contributed by atoms with Gasteiger partial charge in [0.1, 0.15) is 5.60 Å². The van der Waals surface area contributed by atoms with Crippen molar-refractivity contribution in [3.05, 3.63) is 22.3 Å². The lowest BCUT2D eigenvalue weighted by Crippen LogP contribution is -2.49. The zero-order valence-corrected chi connectivity index (χ0v) is 11.3. The topological polar surface area (TPSA) is 81.8 Å². The predicted octanol–water partition coefficient (Wildman–Crippen LogP) is 1.71. The van der Waals surface area contributed by atoms with Crippen molar-refractivity contribution in [3.8, 4) is 0 Å². The van der Waals surface area contributed by atoms with E-state index in [-0.39, 0.29) is 0 Å². The Labute approximate surface area is 107 Å². The van der Waals surface area contributed by atoms with E-state index < -0.39 is 27.0 Å². The van der Waals surface area contributed by atoms with Crippen molar-refractivity contribution in [2.75, 3.05) is 0 Å². The van der Waals surface area contributed by atoms with E-state index >= 15 is 0 Å². The molecule has 0 aromatic heterocycles. The van der Waals surface area contributed by atoms with Crippen molar-refractivity contribution in [2.24, 2.45) is 4.99 Å². The lowest BCUT2D eigenvalue weighted by molar-refractivity contribution is -0.523. The molecule has 1 aliphatic heterocycles. The molecule has 0 aromatic rings. The van der Waals surface area contributed by atoms with Gasteiger partial charge in [0.15, 0.2) is 0 Å². The summed E-state index contributed by atoms with van der Waals surface area (Å²) in [4.78, 5) is 26.0. The van der Waals surface area contributed by atoms with E-state index in [1.807, 2.05) is 0 Å². The van der Waals surface area contributed by atoms with Gasteiger partial charge in [0.05, 0.1) is 0 Å². The molecule has 0 aliphatic carbocycles. The van der Waals surface area contributed by atoms with Crippen LogP contribution >= 0.6 is 15.9 Å². The van der Waals surface area contributed by atoms with Crippen molar-refractivity contribution in [3.63, 3.8) is 0 Å². The monoisotopic (exact) mass is 304 g/mol. The molecule has 2 atom stereocenters. The number of halogens is 1. The Balaban J connectivity index is 2.96. The summed E-state index contributed by atoms with van der Waals surface area (Å²) in [6, 6.07) is -1.22. The molecule has 2 unspecified atom stereocenters. The van der Waals surface area contributed by atoms with E-state index in [1.165, 1.54) is 18.4 Å². The smallest absolute Gasteiger partial charge is 0.340 e. The first-order valence-electron chi connectivity index (χ1n) is 4.94. The third kappa shape index (κ3) is 3.12. The molecule has 0 saturated heterocycles. The van der Waals surface area contributed by atoms with Crippen molar-refractivity contribution in [2.45, 2.75) is 36.9 Å². The molecule has 0 bridgehead atoms. The van der Waals surface area contributed by atoms with Crippen LogP contribution in [-0.4, -0.2) is 33.2 Å². The highest BCUT2D eigenvalue weighted by atomic mass is 79.9. The van der Waals surface area contributed by atoms with Gasteiger partial charge in [-0.1, -0.05) is 0 Å². The average molecular weight is 305 g/mol. The number of dihydropyridines is 1. The number of rotatable bonds is 2. The van der Waals surface area contributed by atoms with Crippen LogP contribution in [0.4, 0.5) is 0 Å². The highest BCUT2D eigenvalue weighted by Crippen LogP contribution is 2.31. The van der Waals surface area contributed by atoms with E-state index in [0.29, 0.717) is 0 Å². The highest BCUT2D eigenvalue weighted by molar-refractivity contribution is 9.10. The largest absolute Gasteiger partial charge is 0.458 e. The predicted molar refractivity (Wildman–Crippen MR) is 65.9 cm³/mol. The second kappa shape index (κ2) is 4.56. The molecule has 0 fully saturated rings. The fourth-order valence-electron chi connectivity index (χ4n) is 1.25. The van der Waals surface area contributed by atoms with Crippen LogP contribution < -0.4 is 0 Å². The molecule has 94 valence electrons. The molecule has 1 heterocycles. The fourth-order valence-corrected chi connectivity index (χ4v) is 1.71. The van der Waals surface area contributed by atoms with E-state index in [1.54, 1.807) is 20.8 Å². The van der Waals surface area contributed by atoms with Gasteiger partial charge in [-0.2, -0.15) is 0 Å². The van der Waals surface area contributed by atoms with Crippen LogP contribution in [0, 0.1) is 10.1 Å². The van der Waals surface area contributed by atoms with Crippen LogP contribution in [0.1, 0.15) is 20.8 Å². The van der Waals surface area contributed by atoms with E-state index in [0.717, 1.165) is 0 Å². The standard InChI is InChI=1S/C10H13BrN2O4/c1-9(2,3)17-8(14)7-10(11,13(15)16)5-4-6-12-7/h4-7H,1-3H3. The van der Waals surface area contributed by atoms with Crippen molar-refractivity contribution < 1.29 is 14.5 Å². The molecular weight excluding hydrogens is 292 g/mol. The Kier molecular flexibility index (Phi) is 3.71. The number of ether oxygens (including phenoxy) is 1. The maximum absolute atomic E-state index is 11.8. The molecule has 0 radical (unpaired) electrons. The third-order valence-electron chi connectivity index (χ3n) is 1.94. The molecule has 7 heteroatoms. The zero-order valence-electron chi connectivity index (χ0n) is 9.71. The van der Waals surface area contributed by atoms with Crippen LogP contribution in [0.5, 0.6) is 0 Å². The number of nitrogens with zero attached hydrogens (tertiary/aromatic N) is 2. The molecule has 0 N–H and O–H groups in total. The minimum atomic E-state index is -1.73. The molecule has 1 aliphatic rings. The maximum atomic E-state index is 11.8. The lowest BCUT2D eigenvalue weighted by Gasteiger charge is -2.27. The van der Waals surface area contributed by atoms with Crippen molar-refractivity contribution >= 4 is 28.1 Å². The lowest BCUT2D eigenvalue weighted by atomic mass is 10.1. The number of carbonyl (C=O) groups excluding carboxylic acids is 1. The van der Waals surface area contributed by atoms with Gasteiger partial charge < -0.3 is 4.74 Å². The van der Waals surface area contributed by atoms with Crippen LogP contribution in [0.25, 0.3) is 0 Å². The van der Waals surface area contributed by atoms with Gasteiger partial charge in [-0.15, -0.1) is 0 Å². The Hall–Kier alpha value is -1.24. The number of allylic oxidation sites excluding steroid dienone is 1. The van der Waals surface area contributed by atoms with Crippen LogP contribution in [-0.2, 0) is 9.53 Å². The number of carbonyl (C=O) groups is 1. The Bertz CT molecular complexity index is 400. The maximum Gasteiger partial charge on any atom is 0.340 e. The first-order valence-corrected chi connectivity index (χ1v) is 5.73. The summed E-state index contributed by atoms with van der Waals surface area (Å²) in [5, 5.41) is 11.0. The Morgan fingerprint density at radius 3 is 2.65 bits per heavy atom. The minimum Gasteiger partial charge on any atom is -0.458 e. The van der Waals surface area contributed by atoms with E-state index in [4.69, 9.17) is 4.74 Å². The number of esters is 1. The molecule has 0 saturated carbocycles. The second-order valence-corrected chi connectivity index (χ2v) is 5.85. The Morgan fingerprint density at radius 2 is 2.18 bits per heavy atom. The summed E-state index contributed by atoms with van der Waals surface area (Å²) in [5.41, 5.74) is -0.710. The van der Waals surface area contributed by atoms with E-state index in [9.17, 15) is 14.9 Å². The summed E-state index contributed by atoms with van der Waals surface area (Å²) < 4.78 is 3.37. The quantitative estimate of drug-likeness (QED) is 0.256. The summed E-state index contributed by atoms with van der Waals surface area (Å²) in [6.07, 6.45) is 4.03. The SMILES string of the molecule is CC(C)(C)OC(=O)C1N=CC=CC1(Br)[N+](=O)[O-]. The molecule has 17 heavy (non-hydrogen) atoms. The normalized spacial score (nSPS) is 27.9. The van der Waals surface area contributed by atoms with Crippen LogP contribution in [0.3, 0.4) is 0 Å². The zero-order chi connectivity index (χ0) is 13.3. The third-order valence-corrected chi connectivity index (χ3v) is 2.93. The summed E-state index contributed by atoms with van der Waals surface area (Å²) in [6.45, 7) is 5.07. The number of nitro groups is 1. The van der Waals surface area contributed by atoms with Gasteiger partial charge in [-0.3, -0.25) is 15.1 Å². The Morgan fingerprint density at radius 1 is 1.59 bits per heavy atom. The number of alkyl halides is 1. The van der Waals surface area contributed by atoms with Gasteiger partial charge in [-0.25, -0.2) is 4.79 Å². The molecule has 0 amide bonds. The first-order chi connectivity index (χ1) is 7.67. The number of hydrogen-bond acceptors (Lipinski definition) is 5. The number of aliphatic imine (C=N–C) groups is 1. The summed E-state index contributed by atoms with van der Waals surface area (Å²) >= 11 is 2.93. The van der Waals surface area contributed by atoms with Crippen LogP contribution in [0.2, 0.25) is 0 Å². The fraction of sp³-hybridized carbons (Fsp3) is 0.600. The van der Waals surface area contributed by atoms with Gasteiger partial charge in [0, 0.05) is 33.1 Å². The van der Waals surface area contributed by atoms with Gasteiger partial charge in [0.25, 0.3) is 0 Å². The molecule has 6 nitrogen and oxygen atoms in total. The van der Waals surface area contributed by atoms with Gasteiger partial charge >= 0.3 is 10.4 Å². The molecule has 0 spiro atoms. The summed E-state index contributed by atoms with van der Waals surface area (Å²) in [5.74, 6) is -0.730. The first kappa shape index (κ1) is 13.8. The second-order valence-electron chi connectivity index (χ2n) is 4.58. The van der Waals surface area contributed by atoms with Crippen LogP contribution in [0.15, 0.2) is 17.1 Å². The number of hydrogen-bond donors (Lipinski definition) is 0. The van der Waals surface area contributed by atoms with Crippen molar-refractivity contribution in [1.29, 1.82) is 0 Å². The minimum absolute atomic E-state index is 0.603. The van der Waals surface area contributed by atoms with Gasteiger partial charge in [0.2, 0.25) is 6.04 Å².